The summed E-state index contributed by atoms with van der Waals surface area (Å²) < 4.78 is 0. The zero-order chi connectivity index (χ0) is 8.53. The lowest BCUT2D eigenvalue weighted by Gasteiger charge is -2.13. The Morgan fingerprint density at radius 1 is 1.45 bits per heavy atom. The second-order valence-electron chi connectivity index (χ2n) is 2.73. The van der Waals surface area contributed by atoms with E-state index in [0.29, 0.717) is 0 Å². The lowest BCUT2D eigenvalue weighted by molar-refractivity contribution is 0.245. The highest BCUT2D eigenvalue weighted by atomic mass is 16.3. The van der Waals surface area contributed by atoms with Crippen LogP contribution in [0.3, 0.4) is 0 Å². The third-order valence-electron chi connectivity index (χ3n) is 1.73. The first-order valence-corrected chi connectivity index (χ1v) is 4.34. The average molecular weight is 160 g/mol. The molecule has 0 saturated carbocycles. The van der Waals surface area contributed by atoms with E-state index in [1.807, 2.05) is 7.05 Å². The van der Waals surface area contributed by atoms with Gasteiger partial charge in [-0.2, -0.15) is 0 Å². The van der Waals surface area contributed by atoms with E-state index in [0.717, 1.165) is 13.1 Å². The summed E-state index contributed by atoms with van der Waals surface area (Å²) >= 11 is 0. The van der Waals surface area contributed by atoms with Gasteiger partial charge in [0.25, 0.3) is 0 Å². The van der Waals surface area contributed by atoms with Crippen LogP contribution in [0.2, 0.25) is 0 Å². The zero-order valence-electron chi connectivity index (χ0n) is 7.56. The molecular formula is C8H20N2O. The monoisotopic (exact) mass is 160 g/mol. The maximum Gasteiger partial charge on any atom is 0.0596 e. The highest BCUT2D eigenvalue weighted by Crippen LogP contribution is 1.83. The summed E-state index contributed by atoms with van der Waals surface area (Å²) in [5, 5.41) is 15.1. The average Bonchev–Trinajstić information content (AvgIpc) is 2.05. The Labute approximate surface area is 69.2 Å². The van der Waals surface area contributed by atoms with Crippen LogP contribution in [0, 0.1) is 0 Å². The van der Waals surface area contributed by atoms with E-state index in [1.165, 1.54) is 12.8 Å². The second kappa shape index (κ2) is 7.98. The lowest BCUT2D eigenvalue weighted by Crippen LogP contribution is -2.39. The first-order valence-electron chi connectivity index (χ1n) is 4.34. The Morgan fingerprint density at radius 3 is 2.64 bits per heavy atom. The van der Waals surface area contributed by atoms with Crippen molar-refractivity contribution >= 4 is 0 Å². The highest BCUT2D eigenvalue weighted by Gasteiger charge is 2.00. The van der Waals surface area contributed by atoms with E-state index in [-0.39, 0.29) is 12.6 Å². The molecule has 1 atom stereocenters. The SMILES string of the molecule is CCCCNCC(CO)NC. The van der Waals surface area contributed by atoms with Crippen molar-refractivity contribution in [1.82, 2.24) is 10.6 Å². The molecule has 0 rings (SSSR count). The molecule has 0 bridgehead atoms. The quantitative estimate of drug-likeness (QED) is 0.458. The van der Waals surface area contributed by atoms with Gasteiger partial charge in [-0.15, -0.1) is 0 Å². The fourth-order valence-electron chi connectivity index (χ4n) is 0.836. The summed E-state index contributed by atoms with van der Waals surface area (Å²) in [5.41, 5.74) is 0. The van der Waals surface area contributed by atoms with Gasteiger partial charge in [-0.25, -0.2) is 0 Å². The summed E-state index contributed by atoms with van der Waals surface area (Å²) in [6.07, 6.45) is 2.43. The maximum atomic E-state index is 8.78. The van der Waals surface area contributed by atoms with E-state index in [9.17, 15) is 0 Å². The third-order valence-corrected chi connectivity index (χ3v) is 1.73. The van der Waals surface area contributed by atoms with Crippen LogP contribution >= 0.6 is 0 Å². The number of likely N-dealkylation sites (N-methyl/N-ethyl adjacent to an activating group) is 1. The van der Waals surface area contributed by atoms with Crippen LogP contribution in [0.1, 0.15) is 19.8 Å². The van der Waals surface area contributed by atoms with Gasteiger partial charge in [-0.05, 0) is 20.0 Å². The summed E-state index contributed by atoms with van der Waals surface area (Å²) in [5.74, 6) is 0. The van der Waals surface area contributed by atoms with Gasteiger partial charge in [0.1, 0.15) is 0 Å². The van der Waals surface area contributed by atoms with Crippen molar-refractivity contribution in [3.05, 3.63) is 0 Å². The summed E-state index contributed by atoms with van der Waals surface area (Å²) in [4.78, 5) is 0. The molecule has 3 nitrogen and oxygen atoms in total. The van der Waals surface area contributed by atoms with Crippen molar-refractivity contribution in [2.75, 3.05) is 26.7 Å². The molecule has 0 aromatic heterocycles. The minimum absolute atomic E-state index is 0.201. The van der Waals surface area contributed by atoms with Crippen LogP contribution < -0.4 is 10.6 Å². The first kappa shape index (κ1) is 10.9. The van der Waals surface area contributed by atoms with Crippen molar-refractivity contribution in [2.24, 2.45) is 0 Å². The number of aliphatic hydroxyl groups is 1. The zero-order valence-corrected chi connectivity index (χ0v) is 7.56. The van der Waals surface area contributed by atoms with Crippen LogP contribution in [-0.4, -0.2) is 37.9 Å². The van der Waals surface area contributed by atoms with Gasteiger partial charge in [0, 0.05) is 12.6 Å². The Balaban J connectivity index is 3.07. The number of rotatable bonds is 7. The number of hydrogen-bond acceptors (Lipinski definition) is 3. The van der Waals surface area contributed by atoms with Crippen molar-refractivity contribution in [2.45, 2.75) is 25.8 Å². The number of hydrogen-bond donors (Lipinski definition) is 3. The number of aliphatic hydroxyl groups excluding tert-OH is 1. The standard InChI is InChI=1S/C8H20N2O/c1-3-4-5-10-6-8(7-11)9-2/h8-11H,3-7H2,1-2H3. The third kappa shape index (κ3) is 6.28. The normalized spacial score (nSPS) is 13.4. The second-order valence-corrected chi connectivity index (χ2v) is 2.73. The Morgan fingerprint density at radius 2 is 2.18 bits per heavy atom. The minimum Gasteiger partial charge on any atom is -0.395 e. The molecule has 0 aliphatic rings. The molecule has 0 heterocycles. The van der Waals surface area contributed by atoms with E-state index < -0.39 is 0 Å². The van der Waals surface area contributed by atoms with Crippen LogP contribution in [-0.2, 0) is 0 Å². The van der Waals surface area contributed by atoms with Crippen LogP contribution in [0.5, 0.6) is 0 Å². The predicted molar refractivity (Wildman–Crippen MR) is 47.7 cm³/mol. The van der Waals surface area contributed by atoms with Gasteiger partial charge in [0.05, 0.1) is 6.61 Å². The van der Waals surface area contributed by atoms with Crippen molar-refractivity contribution in [1.29, 1.82) is 0 Å². The molecule has 68 valence electrons. The summed E-state index contributed by atoms with van der Waals surface area (Å²) in [6.45, 7) is 4.28. The molecule has 0 spiro atoms. The molecule has 0 saturated heterocycles. The minimum atomic E-state index is 0.201. The molecule has 0 amide bonds. The van der Waals surface area contributed by atoms with Crippen LogP contribution in [0.25, 0.3) is 0 Å². The molecule has 3 N–H and O–H groups in total. The van der Waals surface area contributed by atoms with Gasteiger partial charge in [0.2, 0.25) is 0 Å². The topological polar surface area (TPSA) is 44.3 Å². The fraction of sp³-hybridized carbons (Fsp3) is 1.00. The van der Waals surface area contributed by atoms with Gasteiger partial charge in [0.15, 0.2) is 0 Å². The predicted octanol–water partition coefficient (Wildman–Crippen LogP) is -0.0436. The van der Waals surface area contributed by atoms with Crippen molar-refractivity contribution in [3.8, 4) is 0 Å². The van der Waals surface area contributed by atoms with Gasteiger partial charge in [-0.1, -0.05) is 13.3 Å². The van der Waals surface area contributed by atoms with E-state index >= 15 is 0 Å². The molecule has 0 aliphatic carbocycles. The summed E-state index contributed by atoms with van der Waals surface area (Å²) in [6, 6.07) is 0.201. The molecule has 0 aromatic rings. The van der Waals surface area contributed by atoms with Crippen molar-refractivity contribution in [3.63, 3.8) is 0 Å². The molecule has 1 unspecified atom stereocenters. The molecule has 0 aliphatic heterocycles. The Kier molecular flexibility index (Phi) is 7.89. The van der Waals surface area contributed by atoms with Gasteiger partial charge < -0.3 is 15.7 Å². The maximum absolute atomic E-state index is 8.78. The largest absolute Gasteiger partial charge is 0.395 e. The number of nitrogens with one attached hydrogen (secondary N) is 2. The Bertz CT molecular complexity index is 74.5. The Hall–Kier alpha value is -0.120. The van der Waals surface area contributed by atoms with Crippen LogP contribution in [0.4, 0.5) is 0 Å². The van der Waals surface area contributed by atoms with Crippen molar-refractivity contribution < 1.29 is 5.11 Å². The fourth-order valence-corrected chi connectivity index (χ4v) is 0.836. The molecule has 11 heavy (non-hydrogen) atoms. The molecule has 0 radical (unpaired) electrons. The highest BCUT2D eigenvalue weighted by molar-refractivity contribution is 4.65. The van der Waals surface area contributed by atoms with Gasteiger partial charge >= 0.3 is 0 Å². The lowest BCUT2D eigenvalue weighted by atomic mass is 10.3. The molecule has 0 fully saturated rings. The van der Waals surface area contributed by atoms with E-state index in [4.69, 9.17) is 5.11 Å². The molecular weight excluding hydrogens is 140 g/mol. The number of unbranched alkanes of at least 4 members (excludes halogenated alkanes) is 1. The molecule has 3 heteroatoms. The first-order chi connectivity index (χ1) is 5.35. The smallest absolute Gasteiger partial charge is 0.0596 e. The summed E-state index contributed by atoms with van der Waals surface area (Å²) in [7, 11) is 1.86. The van der Waals surface area contributed by atoms with E-state index in [2.05, 4.69) is 17.6 Å². The van der Waals surface area contributed by atoms with E-state index in [1.54, 1.807) is 0 Å². The van der Waals surface area contributed by atoms with Crippen LogP contribution in [0.15, 0.2) is 0 Å². The molecule has 0 aromatic carbocycles. The van der Waals surface area contributed by atoms with Gasteiger partial charge in [-0.3, -0.25) is 0 Å².